The topological polar surface area (TPSA) is 18.5 Å². The minimum Gasteiger partial charge on any atom is -0.317 e. The van der Waals surface area contributed by atoms with Crippen LogP contribution in [0.1, 0.15) is 39.0 Å². The maximum atomic E-state index is 3.40. The van der Waals surface area contributed by atoms with Crippen LogP contribution in [0.25, 0.3) is 0 Å². The molecule has 0 bridgehead atoms. The van der Waals surface area contributed by atoms with Crippen molar-refractivity contribution >= 4 is 0 Å². The zero-order valence-electron chi connectivity index (χ0n) is 11.5. The number of hydrogen-bond donors (Lipinski definition) is 1. The number of hydrogen-bond acceptors (Lipinski definition) is 3. The van der Waals surface area contributed by atoms with Gasteiger partial charge in [-0.05, 0) is 38.9 Å². The summed E-state index contributed by atoms with van der Waals surface area (Å²) < 4.78 is 0. The lowest BCUT2D eigenvalue weighted by atomic mass is 10.2. The van der Waals surface area contributed by atoms with E-state index < -0.39 is 0 Å². The Balaban J connectivity index is 1.57. The van der Waals surface area contributed by atoms with Crippen molar-refractivity contribution in [3.63, 3.8) is 0 Å². The van der Waals surface area contributed by atoms with Crippen molar-refractivity contribution in [1.29, 1.82) is 0 Å². The summed E-state index contributed by atoms with van der Waals surface area (Å²) in [5.41, 5.74) is 0. The van der Waals surface area contributed by atoms with Crippen LogP contribution in [0.5, 0.6) is 0 Å². The molecular weight excluding hydrogens is 210 g/mol. The molecule has 2 aliphatic rings. The Kier molecular flexibility index (Phi) is 5.75. The molecule has 0 spiro atoms. The highest BCUT2D eigenvalue weighted by atomic mass is 15.3. The molecule has 1 N–H and O–H groups in total. The van der Waals surface area contributed by atoms with Gasteiger partial charge in [0, 0.05) is 32.2 Å². The quantitative estimate of drug-likeness (QED) is 0.710. The summed E-state index contributed by atoms with van der Waals surface area (Å²) in [7, 11) is 0. The Bertz CT molecular complexity index is 194. The largest absolute Gasteiger partial charge is 0.317 e. The first kappa shape index (κ1) is 13.3. The maximum absolute atomic E-state index is 3.40. The summed E-state index contributed by atoms with van der Waals surface area (Å²) in [5, 5.41) is 3.40. The van der Waals surface area contributed by atoms with Crippen LogP contribution in [-0.4, -0.2) is 61.7 Å². The molecule has 3 nitrogen and oxygen atoms in total. The van der Waals surface area contributed by atoms with Gasteiger partial charge in [0.05, 0.1) is 0 Å². The number of nitrogens with zero attached hydrogens (tertiary/aromatic N) is 2. The summed E-state index contributed by atoms with van der Waals surface area (Å²) in [6.07, 6.45) is 7.15. The van der Waals surface area contributed by atoms with Crippen molar-refractivity contribution in [2.24, 2.45) is 0 Å². The monoisotopic (exact) mass is 239 g/mol. The average molecular weight is 239 g/mol. The smallest absolute Gasteiger partial charge is 0.0113 e. The molecule has 0 aromatic rings. The second kappa shape index (κ2) is 7.34. The van der Waals surface area contributed by atoms with Crippen LogP contribution in [0.15, 0.2) is 0 Å². The minimum atomic E-state index is 0.930. The second-order valence-electron chi connectivity index (χ2n) is 5.52. The van der Waals surface area contributed by atoms with E-state index >= 15 is 0 Å². The van der Waals surface area contributed by atoms with E-state index in [1.807, 2.05) is 0 Å². The summed E-state index contributed by atoms with van der Waals surface area (Å²) in [6, 6.07) is 0.930. The van der Waals surface area contributed by atoms with E-state index in [9.17, 15) is 0 Å². The Hall–Kier alpha value is -0.120. The third kappa shape index (κ3) is 4.23. The molecule has 17 heavy (non-hydrogen) atoms. The maximum Gasteiger partial charge on any atom is 0.0113 e. The lowest BCUT2D eigenvalue weighted by Gasteiger charge is -2.38. The van der Waals surface area contributed by atoms with Gasteiger partial charge >= 0.3 is 0 Å². The fraction of sp³-hybridized carbons (Fsp3) is 1.00. The standard InChI is InChI=1S/C14H29N3/c1-2-15-8-5-9-16-10-12-17(13-11-16)14-6-3-4-7-14/h14-15H,2-13H2,1H3. The first-order valence-electron chi connectivity index (χ1n) is 7.57. The van der Waals surface area contributed by atoms with Crippen LogP contribution in [0.2, 0.25) is 0 Å². The van der Waals surface area contributed by atoms with Gasteiger partial charge in [-0.1, -0.05) is 19.8 Å². The molecule has 2 rings (SSSR count). The summed E-state index contributed by atoms with van der Waals surface area (Å²) in [4.78, 5) is 5.39. The highest BCUT2D eigenvalue weighted by molar-refractivity contribution is 4.81. The average Bonchev–Trinajstić information content (AvgIpc) is 2.89. The minimum absolute atomic E-state index is 0.930. The van der Waals surface area contributed by atoms with Crippen molar-refractivity contribution in [3.8, 4) is 0 Å². The first-order chi connectivity index (χ1) is 8.40. The van der Waals surface area contributed by atoms with Crippen LogP contribution in [0.3, 0.4) is 0 Å². The van der Waals surface area contributed by atoms with Gasteiger partial charge in [-0.25, -0.2) is 0 Å². The van der Waals surface area contributed by atoms with Gasteiger partial charge in [-0.3, -0.25) is 4.90 Å². The molecule has 1 aliphatic heterocycles. The zero-order chi connectivity index (χ0) is 11.9. The second-order valence-corrected chi connectivity index (χ2v) is 5.52. The van der Waals surface area contributed by atoms with Gasteiger partial charge in [0.2, 0.25) is 0 Å². The normalized spacial score (nSPS) is 24.5. The van der Waals surface area contributed by atoms with Crippen LogP contribution < -0.4 is 5.32 Å². The van der Waals surface area contributed by atoms with Gasteiger partial charge in [0.25, 0.3) is 0 Å². The van der Waals surface area contributed by atoms with Crippen LogP contribution in [0.4, 0.5) is 0 Å². The van der Waals surface area contributed by atoms with Crippen molar-refractivity contribution in [3.05, 3.63) is 0 Å². The Morgan fingerprint density at radius 2 is 1.76 bits per heavy atom. The Morgan fingerprint density at radius 1 is 1.06 bits per heavy atom. The predicted molar refractivity (Wildman–Crippen MR) is 73.4 cm³/mol. The molecule has 2 fully saturated rings. The third-order valence-corrected chi connectivity index (χ3v) is 4.33. The fourth-order valence-electron chi connectivity index (χ4n) is 3.23. The lowest BCUT2D eigenvalue weighted by molar-refractivity contribution is 0.0972. The molecule has 1 saturated carbocycles. The van der Waals surface area contributed by atoms with Crippen LogP contribution in [0, 0.1) is 0 Å². The molecule has 100 valence electrons. The van der Waals surface area contributed by atoms with E-state index in [-0.39, 0.29) is 0 Å². The number of rotatable bonds is 6. The molecule has 0 unspecified atom stereocenters. The molecule has 1 saturated heterocycles. The third-order valence-electron chi connectivity index (χ3n) is 4.33. The van der Waals surface area contributed by atoms with E-state index in [2.05, 4.69) is 22.0 Å². The SMILES string of the molecule is CCNCCCN1CCN(C2CCCC2)CC1. The van der Waals surface area contributed by atoms with Crippen LogP contribution in [-0.2, 0) is 0 Å². The number of piperazine rings is 1. The van der Waals surface area contributed by atoms with Crippen molar-refractivity contribution < 1.29 is 0 Å². The van der Waals surface area contributed by atoms with Crippen molar-refractivity contribution in [2.45, 2.75) is 45.1 Å². The molecule has 1 aliphatic carbocycles. The number of nitrogens with one attached hydrogen (secondary N) is 1. The summed E-state index contributed by atoms with van der Waals surface area (Å²) in [6.45, 7) is 11.0. The molecule has 0 atom stereocenters. The van der Waals surface area contributed by atoms with Crippen molar-refractivity contribution in [2.75, 3.05) is 45.8 Å². The van der Waals surface area contributed by atoms with Gasteiger partial charge in [-0.2, -0.15) is 0 Å². The summed E-state index contributed by atoms with van der Waals surface area (Å²) >= 11 is 0. The van der Waals surface area contributed by atoms with Gasteiger partial charge in [-0.15, -0.1) is 0 Å². The van der Waals surface area contributed by atoms with Crippen molar-refractivity contribution in [1.82, 2.24) is 15.1 Å². The molecule has 0 amide bonds. The van der Waals surface area contributed by atoms with Crippen LogP contribution >= 0.6 is 0 Å². The Morgan fingerprint density at radius 3 is 2.41 bits per heavy atom. The first-order valence-corrected chi connectivity index (χ1v) is 7.57. The molecule has 0 aromatic heterocycles. The highest BCUT2D eigenvalue weighted by Crippen LogP contribution is 2.24. The molecular formula is C14H29N3. The molecule has 3 heteroatoms. The van der Waals surface area contributed by atoms with E-state index in [1.54, 1.807) is 0 Å². The summed E-state index contributed by atoms with van der Waals surface area (Å²) in [5.74, 6) is 0. The molecule has 1 heterocycles. The molecule has 0 aromatic carbocycles. The Labute approximate surface area is 107 Å². The molecule has 0 radical (unpaired) electrons. The van der Waals surface area contributed by atoms with Gasteiger partial charge in [0.15, 0.2) is 0 Å². The van der Waals surface area contributed by atoms with Gasteiger partial charge < -0.3 is 10.2 Å². The van der Waals surface area contributed by atoms with Gasteiger partial charge in [0.1, 0.15) is 0 Å². The van der Waals surface area contributed by atoms with E-state index in [1.165, 1.54) is 71.4 Å². The zero-order valence-corrected chi connectivity index (χ0v) is 11.5. The van der Waals surface area contributed by atoms with E-state index in [0.717, 1.165) is 12.6 Å². The lowest BCUT2D eigenvalue weighted by Crippen LogP contribution is -2.49. The van der Waals surface area contributed by atoms with E-state index in [0.29, 0.717) is 0 Å². The van der Waals surface area contributed by atoms with E-state index in [4.69, 9.17) is 0 Å². The highest BCUT2D eigenvalue weighted by Gasteiger charge is 2.25. The fourth-order valence-corrected chi connectivity index (χ4v) is 3.23. The predicted octanol–water partition coefficient (Wildman–Crippen LogP) is 1.55.